The Kier molecular flexibility index (Phi) is 5.16. The van der Waals surface area contributed by atoms with Crippen molar-refractivity contribution in [2.75, 3.05) is 26.7 Å². The zero-order chi connectivity index (χ0) is 15.2. The van der Waals surface area contributed by atoms with Crippen LogP contribution in [0.25, 0.3) is 11.0 Å². The normalized spacial score (nSPS) is 10.8. The quantitative estimate of drug-likeness (QED) is 0.789. The van der Waals surface area contributed by atoms with E-state index in [0.717, 1.165) is 29.8 Å². The summed E-state index contributed by atoms with van der Waals surface area (Å²) in [5.41, 5.74) is 2.13. The van der Waals surface area contributed by atoms with Crippen LogP contribution in [0.15, 0.2) is 24.3 Å². The highest BCUT2D eigenvalue weighted by Crippen LogP contribution is 2.15. The Labute approximate surface area is 124 Å². The number of fused-ring (bicyclic) bond motifs is 1. The number of para-hydroxylation sites is 2. The topological polar surface area (TPSA) is 70.4 Å². The minimum Gasteiger partial charge on any atom is -0.395 e. The van der Waals surface area contributed by atoms with Crippen LogP contribution in [0, 0.1) is 6.92 Å². The molecule has 0 fully saturated rings. The number of nitrogens with one attached hydrogen (secondary N) is 1. The number of hydrogen-bond acceptors (Lipinski definition) is 3. The lowest BCUT2D eigenvalue weighted by Gasteiger charge is -2.16. The first-order valence-electron chi connectivity index (χ1n) is 7.15. The second-order valence-corrected chi connectivity index (χ2v) is 5.03. The highest BCUT2D eigenvalue weighted by Gasteiger charge is 2.08. The summed E-state index contributed by atoms with van der Waals surface area (Å²) in [6.45, 7) is 3.73. The lowest BCUT2D eigenvalue weighted by molar-refractivity contribution is 0.190. The van der Waals surface area contributed by atoms with E-state index in [0.29, 0.717) is 13.1 Å². The molecule has 2 amide bonds. The molecule has 1 aromatic heterocycles. The van der Waals surface area contributed by atoms with Gasteiger partial charge in [-0.2, -0.15) is 0 Å². The molecule has 0 spiro atoms. The molecule has 114 valence electrons. The summed E-state index contributed by atoms with van der Waals surface area (Å²) in [6.07, 6.45) is 0.833. The van der Waals surface area contributed by atoms with Crippen molar-refractivity contribution in [2.24, 2.45) is 0 Å². The number of nitrogens with zero attached hydrogens (tertiary/aromatic N) is 3. The first-order valence-corrected chi connectivity index (χ1v) is 7.15. The molecule has 6 heteroatoms. The monoisotopic (exact) mass is 290 g/mol. The summed E-state index contributed by atoms with van der Waals surface area (Å²) in [5, 5.41) is 11.6. The molecule has 0 bridgehead atoms. The Hall–Kier alpha value is -2.08. The van der Waals surface area contributed by atoms with Crippen molar-refractivity contribution in [1.29, 1.82) is 0 Å². The van der Waals surface area contributed by atoms with Gasteiger partial charge in [0.15, 0.2) is 0 Å². The fourth-order valence-corrected chi connectivity index (χ4v) is 2.30. The molecule has 2 aromatic rings. The Morgan fingerprint density at radius 1 is 1.43 bits per heavy atom. The number of aromatic nitrogens is 2. The van der Waals surface area contributed by atoms with E-state index in [4.69, 9.17) is 5.11 Å². The molecule has 0 aliphatic carbocycles. The number of carbonyl (C=O) groups excluding carboxylic acids is 1. The third kappa shape index (κ3) is 3.72. The highest BCUT2D eigenvalue weighted by atomic mass is 16.3. The average molecular weight is 290 g/mol. The lowest BCUT2D eigenvalue weighted by atomic mass is 10.3. The maximum absolute atomic E-state index is 11.7. The summed E-state index contributed by atoms with van der Waals surface area (Å²) >= 11 is 0. The van der Waals surface area contributed by atoms with Crippen molar-refractivity contribution in [3.8, 4) is 0 Å². The predicted octanol–water partition coefficient (Wildman–Crippen LogP) is 1.37. The molecule has 1 aromatic carbocycles. The maximum Gasteiger partial charge on any atom is 0.317 e. The van der Waals surface area contributed by atoms with Gasteiger partial charge in [0.2, 0.25) is 0 Å². The van der Waals surface area contributed by atoms with Crippen molar-refractivity contribution in [3.63, 3.8) is 0 Å². The van der Waals surface area contributed by atoms with Crippen LogP contribution in [-0.4, -0.2) is 52.3 Å². The van der Waals surface area contributed by atoms with E-state index in [1.54, 1.807) is 7.05 Å². The third-order valence-corrected chi connectivity index (χ3v) is 3.46. The summed E-state index contributed by atoms with van der Waals surface area (Å²) in [6, 6.07) is 7.89. The standard InChI is InChI=1S/C15H22N4O2/c1-12-17-13-6-3-4-7-14(13)19(12)9-5-8-16-15(21)18(2)10-11-20/h3-4,6-7,20H,5,8-11H2,1-2H3,(H,16,21). The highest BCUT2D eigenvalue weighted by molar-refractivity contribution is 5.76. The molecular weight excluding hydrogens is 268 g/mol. The Bertz CT molecular complexity index is 609. The Balaban J connectivity index is 1.86. The van der Waals surface area contributed by atoms with Gasteiger partial charge < -0.3 is 19.9 Å². The Morgan fingerprint density at radius 3 is 2.95 bits per heavy atom. The first kappa shape index (κ1) is 15.3. The molecule has 0 saturated carbocycles. The van der Waals surface area contributed by atoms with E-state index in [9.17, 15) is 4.79 Å². The van der Waals surface area contributed by atoms with Gasteiger partial charge in [-0.05, 0) is 25.5 Å². The van der Waals surface area contributed by atoms with Gasteiger partial charge in [-0.15, -0.1) is 0 Å². The summed E-state index contributed by atoms with van der Waals surface area (Å²) < 4.78 is 2.17. The number of rotatable bonds is 6. The number of urea groups is 1. The van der Waals surface area contributed by atoms with Gasteiger partial charge in [0.1, 0.15) is 5.82 Å². The minimum atomic E-state index is -0.156. The van der Waals surface area contributed by atoms with Crippen LogP contribution in [0.4, 0.5) is 4.79 Å². The van der Waals surface area contributed by atoms with Crippen LogP contribution in [0.2, 0.25) is 0 Å². The fraction of sp³-hybridized carbons (Fsp3) is 0.467. The lowest BCUT2D eigenvalue weighted by Crippen LogP contribution is -2.39. The number of imidazole rings is 1. The molecule has 0 aliphatic heterocycles. The van der Waals surface area contributed by atoms with E-state index in [-0.39, 0.29) is 12.6 Å². The largest absolute Gasteiger partial charge is 0.395 e. The number of aliphatic hydroxyl groups excluding tert-OH is 1. The van der Waals surface area contributed by atoms with Gasteiger partial charge >= 0.3 is 6.03 Å². The summed E-state index contributed by atoms with van der Waals surface area (Å²) in [5.74, 6) is 0.986. The van der Waals surface area contributed by atoms with E-state index in [1.807, 2.05) is 25.1 Å². The first-order chi connectivity index (χ1) is 10.1. The zero-order valence-corrected chi connectivity index (χ0v) is 12.5. The smallest absolute Gasteiger partial charge is 0.317 e. The van der Waals surface area contributed by atoms with Crippen molar-refractivity contribution in [3.05, 3.63) is 30.1 Å². The molecule has 21 heavy (non-hydrogen) atoms. The van der Waals surface area contributed by atoms with Crippen molar-refractivity contribution in [1.82, 2.24) is 19.8 Å². The third-order valence-electron chi connectivity index (χ3n) is 3.46. The molecule has 0 atom stereocenters. The van der Waals surface area contributed by atoms with Crippen LogP contribution in [-0.2, 0) is 6.54 Å². The second-order valence-electron chi connectivity index (χ2n) is 5.03. The average Bonchev–Trinajstić information content (AvgIpc) is 2.79. The van der Waals surface area contributed by atoms with Crippen LogP contribution in [0.3, 0.4) is 0 Å². The molecule has 2 N–H and O–H groups in total. The molecule has 1 heterocycles. The number of aryl methyl sites for hydroxylation is 2. The number of likely N-dealkylation sites (N-methyl/N-ethyl adjacent to an activating group) is 1. The predicted molar refractivity (Wildman–Crippen MR) is 82.2 cm³/mol. The van der Waals surface area contributed by atoms with E-state index in [1.165, 1.54) is 4.90 Å². The van der Waals surface area contributed by atoms with E-state index in [2.05, 4.69) is 20.9 Å². The number of hydrogen-bond donors (Lipinski definition) is 2. The van der Waals surface area contributed by atoms with E-state index < -0.39 is 0 Å². The Morgan fingerprint density at radius 2 is 2.19 bits per heavy atom. The second kappa shape index (κ2) is 7.08. The molecule has 0 unspecified atom stereocenters. The summed E-state index contributed by atoms with van der Waals surface area (Å²) in [4.78, 5) is 17.6. The van der Waals surface area contributed by atoms with Crippen molar-refractivity contribution >= 4 is 17.1 Å². The zero-order valence-electron chi connectivity index (χ0n) is 12.5. The van der Waals surface area contributed by atoms with Crippen LogP contribution < -0.4 is 5.32 Å². The van der Waals surface area contributed by atoms with Gasteiger partial charge in [0.05, 0.1) is 17.6 Å². The van der Waals surface area contributed by atoms with Gasteiger partial charge in [-0.1, -0.05) is 12.1 Å². The molecule has 6 nitrogen and oxygen atoms in total. The van der Waals surface area contributed by atoms with Crippen LogP contribution >= 0.6 is 0 Å². The number of aliphatic hydroxyl groups is 1. The fourth-order valence-electron chi connectivity index (χ4n) is 2.30. The molecule has 0 saturated heterocycles. The minimum absolute atomic E-state index is 0.0237. The molecule has 0 radical (unpaired) electrons. The number of amides is 2. The molecule has 2 rings (SSSR count). The van der Waals surface area contributed by atoms with Crippen molar-refractivity contribution < 1.29 is 9.90 Å². The van der Waals surface area contributed by atoms with Gasteiger partial charge in [-0.3, -0.25) is 0 Å². The molecule has 0 aliphatic rings. The number of benzene rings is 1. The van der Waals surface area contributed by atoms with Crippen LogP contribution in [0.1, 0.15) is 12.2 Å². The van der Waals surface area contributed by atoms with Gasteiger partial charge in [0, 0.05) is 26.7 Å². The van der Waals surface area contributed by atoms with Gasteiger partial charge in [-0.25, -0.2) is 9.78 Å². The number of carbonyl (C=O) groups is 1. The summed E-state index contributed by atoms with van der Waals surface area (Å²) in [7, 11) is 1.67. The van der Waals surface area contributed by atoms with E-state index >= 15 is 0 Å². The maximum atomic E-state index is 11.7. The molecular formula is C15H22N4O2. The van der Waals surface area contributed by atoms with Gasteiger partial charge in [0.25, 0.3) is 0 Å². The van der Waals surface area contributed by atoms with Crippen molar-refractivity contribution in [2.45, 2.75) is 19.9 Å². The SMILES string of the molecule is Cc1nc2ccccc2n1CCCNC(=O)N(C)CCO. The van der Waals surface area contributed by atoms with Crippen LogP contribution in [0.5, 0.6) is 0 Å².